The van der Waals surface area contributed by atoms with Crippen molar-refractivity contribution < 1.29 is 4.79 Å². The number of aryl methyl sites for hydroxylation is 1. The number of carbonyl (C=O) groups is 1. The van der Waals surface area contributed by atoms with Crippen molar-refractivity contribution in [2.24, 2.45) is 5.73 Å². The number of hydrogen-bond donors (Lipinski definition) is 3. The van der Waals surface area contributed by atoms with Crippen molar-refractivity contribution in [3.63, 3.8) is 0 Å². The van der Waals surface area contributed by atoms with Gasteiger partial charge in [0.15, 0.2) is 0 Å². The Morgan fingerprint density at radius 1 is 1.09 bits per heavy atom. The van der Waals surface area contributed by atoms with E-state index in [2.05, 4.69) is 20.3 Å². The van der Waals surface area contributed by atoms with Crippen molar-refractivity contribution in [3.8, 4) is 5.69 Å². The van der Waals surface area contributed by atoms with E-state index >= 15 is 0 Å². The van der Waals surface area contributed by atoms with Crippen LogP contribution in [0.2, 0.25) is 0 Å². The van der Waals surface area contributed by atoms with Crippen LogP contribution < -0.4 is 16.6 Å². The Hall–Kier alpha value is -4.46. The first kappa shape index (κ1) is 20.4. The average Bonchev–Trinajstić information content (AvgIpc) is 3.25. The first-order valence-electron chi connectivity index (χ1n) is 10.5. The number of benzene rings is 2. The Kier molecular flexibility index (Phi) is 4.90. The fraction of sp³-hybridized carbons (Fsp3) is 0.120. The number of nitrogens with one attached hydrogen (secondary N) is 2. The number of aromatic amines is 1. The molecule has 33 heavy (non-hydrogen) atoms. The van der Waals surface area contributed by atoms with Gasteiger partial charge in [0.2, 0.25) is 0 Å². The van der Waals surface area contributed by atoms with Crippen molar-refractivity contribution >= 4 is 33.5 Å². The minimum absolute atomic E-state index is 0.0900. The monoisotopic (exact) mass is 438 g/mol. The predicted molar refractivity (Wildman–Crippen MR) is 129 cm³/mol. The smallest absolute Gasteiger partial charge is 0.263 e. The standard InChI is InChI=1S/C25H22N6O2/c1-14-7-6-8-16-11-19(31(25(33)20(14)16)17-9-4-3-5-10-17)15(2)30-24-21-18(22(26)32)12-27-23(21)28-13-29-24/h3-13,15H,1-2H3,(H2,26,32)(H2,27,28,29,30). The van der Waals surface area contributed by atoms with E-state index < -0.39 is 5.91 Å². The average molecular weight is 438 g/mol. The van der Waals surface area contributed by atoms with Crippen LogP contribution in [0.5, 0.6) is 0 Å². The first-order valence-corrected chi connectivity index (χ1v) is 10.5. The summed E-state index contributed by atoms with van der Waals surface area (Å²) in [5, 5.41) is 5.42. The number of H-pyrrole nitrogens is 1. The van der Waals surface area contributed by atoms with Crippen LogP contribution in [-0.4, -0.2) is 25.4 Å². The second-order valence-electron chi connectivity index (χ2n) is 7.96. The third-order valence-electron chi connectivity index (χ3n) is 5.83. The molecule has 3 aromatic heterocycles. The van der Waals surface area contributed by atoms with Gasteiger partial charge in [-0.3, -0.25) is 14.2 Å². The number of rotatable bonds is 5. The molecule has 0 saturated heterocycles. The summed E-state index contributed by atoms with van der Waals surface area (Å²) in [6.07, 6.45) is 2.93. The summed E-state index contributed by atoms with van der Waals surface area (Å²) < 4.78 is 1.72. The lowest BCUT2D eigenvalue weighted by Gasteiger charge is -2.22. The van der Waals surface area contributed by atoms with Gasteiger partial charge in [0, 0.05) is 17.6 Å². The Bertz CT molecular complexity index is 1570. The third-order valence-corrected chi connectivity index (χ3v) is 5.83. The number of anilines is 1. The molecule has 8 nitrogen and oxygen atoms in total. The zero-order valence-electron chi connectivity index (χ0n) is 18.2. The Morgan fingerprint density at radius 3 is 2.64 bits per heavy atom. The molecular formula is C25H22N6O2. The Labute approximate surface area is 189 Å². The fourth-order valence-electron chi connectivity index (χ4n) is 4.26. The minimum Gasteiger partial charge on any atom is -0.366 e. The van der Waals surface area contributed by atoms with Gasteiger partial charge < -0.3 is 16.0 Å². The molecule has 1 atom stereocenters. The summed E-state index contributed by atoms with van der Waals surface area (Å²) in [6.45, 7) is 3.88. The molecule has 3 heterocycles. The van der Waals surface area contributed by atoms with Gasteiger partial charge in [0.1, 0.15) is 17.8 Å². The van der Waals surface area contributed by atoms with Gasteiger partial charge in [-0.15, -0.1) is 0 Å². The van der Waals surface area contributed by atoms with Crippen molar-refractivity contribution in [1.82, 2.24) is 19.5 Å². The van der Waals surface area contributed by atoms with Crippen LogP contribution in [-0.2, 0) is 0 Å². The molecule has 4 N–H and O–H groups in total. The molecule has 5 aromatic rings. The number of pyridine rings is 1. The maximum absolute atomic E-state index is 13.7. The van der Waals surface area contributed by atoms with Gasteiger partial charge in [-0.05, 0) is 43.0 Å². The quantitative estimate of drug-likeness (QED) is 0.385. The molecule has 0 saturated carbocycles. The number of amides is 1. The minimum atomic E-state index is -0.575. The largest absolute Gasteiger partial charge is 0.366 e. The van der Waals surface area contributed by atoms with Crippen LogP contribution in [0.3, 0.4) is 0 Å². The predicted octanol–water partition coefficient (Wildman–Crippen LogP) is 3.84. The van der Waals surface area contributed by atoms with E-state index in [1.807, 2.05) is 68.4 Å². The molecule has 0 aliphatic heterocycles. The number of nitrogens with two attached hydrogens (primary N) is 1. The van der Waals surface area contributed by atoms with Crippen molar-refractivity contribution in [1.29, 1.82) is 0 Å². The number of hydrogen-bond acceptors (Lipinski definition) is 5. The second kappa shape index (κ2) is 7.90. The highest BCUT2D eigenvalue weighted by Gasteiger charge is 2.20. The van der Waals surface area contributed by atoms with Crippen LogP contribution in [0.25, 0.3) is 27.5 Å². The summed E-state index contributed by atoms with van der Waals surface area (Å²) in [6, 6.07) is 17.0. The molecule has 0 aliphatic rings. The normalized spacial score (nSPS) is 12.2. The number of nitrogens with zero attached hydrogens (tertiary/aromatic N) is 3. The highest BCUT2D eigenvalue weighted by atomic mass is 16.1. The molecule has 0 bridgehead atoms. The fourth-order valence-corrected chi connectivity index (χ4v) is 4.26. The van der Waals surface area contributed by atoms with E-state index in [-0.39, 0.29) is 11.6 Å². The molecule has 1 unspecified atom stereocenters. The van der Waals surface area contributed by atoms with Crippen LogP contribution in [0.4, 0.5) is 5.82 Å². The van der Waals surface area contributed by atoms with Crippen LogP contribution in [0.1, 0.15) is 34.6 Å². The van der Waals surface area contributed by atoms with E-state index in [0.29, 0.717) is 27.8 Å². The van der Waals surface area contributed by atoms with Crippen LogP contribution in [0, 0.1) is 6.92 Å². The lowest BCUT2D eigenvalue weighted by Crippen LogP contribution is -2.26. The number of fused-ring (bicyclic) bond motifs is 2. The third kappa shape index (κ3) is 3.41. The molecule has 164 valence electrons. The molecule has 2 aromatic carbocycles. The van der Waals surface area contributed by atoms with Gasteiger partial charge in [-0.25, -0.2) is 9.97 Å². The number of primary amides is 1. The number of carbonyl (C=O) groups excluding carboxylic acids is 1. The summed E-state index contributed by atoms with van der Waals surface area (Å²) in [7, 11) is 0. The molecule has 0 fully saturated rings. The molecular weight excluding hydrogens is 416 g/mol. The van der Waals surface area contributed by atoms with Gasteiger partial charge in [-0.1, -0.05) is 36.4 Å². The molecule has 1 amide bonds. The molecule has 0 radical (unpaired) electrons. The molecule has 8 heteroatoms. The van der Waals surface area contributed by atoms with Crippen molar-refractivity contribution in [2.75, 3.05) is 5.32 Å². The maximum atomic E-state index is 13.7. The van der Waals surface area contributed by atoms with Crippen molar-refractivity contribution in [3.05, 3.63) is 94.3 Å². The summed E-state index contributed by atoms with van der Waals surface area (Å²) >= 11 is 0. The van der Waals surface area contributed by atoms with E-state index in [0.717, 1.165) is 22.3 Å². The molecule has 5 rings (SSSR count). The Morgan fingerprint density at radius 2 is 1.88 bits per heavy atom. The lowest BCUT2D eigenvalue weighted by molar-refractivity contribution is 0.100. The SMILES string of the molecule is Cc1cccc2cc(C(C)Nc3ncnc4[nH]cc(C(N)=O)c34)n(-c3ccccc3)c(=O)c12. The summed E-state index contributed by atoms with van der Waals surface area (Å²) in [5.41, 5.74) is 8.70. The van der Waals surface area contributed by atoms with Crippen molar-refractivity contribution in [2.45, 2.75) is 19.9 Å². The topological polar surface area (TPSA) is 119 Å². The van der Waals surface area contributed by atoms with Gasteiger partial charge in [0.05, 0.1) is 22.4 Å². The van der Waals surface area contributed by atoms with E-state index in [4.69, 9.17) is 5.73 Å². The van der Waals surface area contributed by atoms with E-state index in [1.165, 1.54) is 12.5 Å². The molecule has 0 spiro atoms. The maximum Gasteiger partial charge on any atom is 0.263 e. The number of aromatic nitrogens is 4. The van der Waals surface area contributed by atoms with Gasteiger partial charge in [-0.2, -0.15) is 0 Å². The second-order valence-corrected chi connectivity index (χ2v) is 7.96. The zero-order chi connectivity index (χ0) is 23.1. The summed E-state index contributed by atoms with van der Waals surface area (Å²) in [4.78, 5) is 37.1. The molecule has 0 aliphatic carbocycles. The van der Waals surface area contributed by atoms with E-state index in [1.54, 1.807) is 4.57 Å². The highest BCUT2D eigenvalue weighted by molar-refractivity contribution is 6.08. The van der Waals surface area contributed by atoms with Crippen LogP contribution >= 0.6 is 0 Å². The highest BCUT2D eigenvalue weighted by Crippen LogP contribution is 2.29. The van der Waals surface area contributed by atoms with E-state index in [9.17, 15) is 9.59 Å². The zero-order valence-corrected chi connectivity index (χ0v) is 18.2. The van der Waals surface area contributed by atoms with Gasteiger partial charge >= 0.3 is 0 Å². The van der Waals surface area contributed by atoms with Crippen LogP contribution in [0.15, 0.2) is 71.9 Å². The number of para-hydroxylation sites is 1. The summed E-state index contributed by atoms with van der Waals surface area (Å²) in [5.74, 6) is -0.118. The first-order chi connectivity index (χ1) is 16.0. The lowest BCUT2D eigenvalue weighted by atomic mass is 10.0. The Balaban J connectivity index is 1.71. The van der Waals surface area contributed by atoms with Gasteiger partial charge in [0.25, 0.3) is 11.5 Å².